The standard InChI is InChI=1S/C16H33N.C10H18O3S.C10H18OS.C9H15N.2C7H12N2.3C5H9N3.C3H6N4/c1-12(2)13(3,4)15(7,8)17(11)16(9,10)14(12,5)6;1-7-8(2)14(11,12)10(5,6)9(3,4)13-7;1-7-8(2)12-10(5,6)9(3,4)11-7;1-6-7(2)9(4)10(5)8(6)3;1-5-6(2)9(4)7(3)8-5;1-5-6(2)8-9(4)7(5)3;1-4-6-7-5(2)8(4)3;1-4-6-5(2)8(3)7-4;1-4-5(2)8(3)7-6-4;1-3-4-5-6-7(3)2/h1-11H3;1-6H3;1-6H3;1-5H3;2*1-4H3;3*1-3H3;1-2H3. The second kappa shape index (κ2) is 34.6. The Morgan fingerprint density at radius 3 is 1.03 bits per heavy atom. The highest BCUT2D eigenvalue weighted by atomic mass is 32.2. The molecule has 0 bridgehead atoms. The van der Waals surface area contributed by atoms with Crippen LogP contribution >= 0.6 is 11.8 Å². The Morgan fingerprint density at radius 1 is 0.363 bits per heavy atom. The monoisotopic (exact) mass is 1460 g/mol. The van der Waals surface area contributed by atoms with Crippen LogP contribution in [0.5, 0.6) is 0 Å². The highest BCUT2D eigenvalue weighted by Crippen LogP contribution is 2.66. The number of allylic oxidation sites excluding steroid dienone is 4. The summed E-state index contributed by atoms with van der Waals surface area (Å²) in [6.07, 6.45) is 0. The molecule has 580 valence electrons. The van der Waals surface area contributed by atoms with Crippen molar-refractivity contribution in [1.82, 2.24) is 93.5 Å². The first-order valence-corrected chi connectivity index (χ1v) is 37.6. The summed E-state index contributed by atoms with van der Waals surface area (Å²) in [5, 5.41) is 34.1. The van der Waals surface area contributed by atoms with Gasteiger partial charge in [-0.15, -0.1) is 32.2 Å². The zero-order valence-corrected chi connectivity index (χ0v) is 74.6. The molecule has 0 radical (unpaired) electrons. The number of imidazole rings is 1. The SMILES string of the molecule is CC1=C(C)S(=O)(=O)C(C)(C)C(C)(C)O1.CC1=C(C)SC(C)(C)C(C)(C)O1.CN1C(C)(C)C(C)(C)C(C)(C)C(C)(C)C1(C)C.Cc1c(C)c(C)n(C)c1C.Cc1nc(C)n(C)c1C.Cc1nc(C)n(C)n1.Cc1nn(C)c(C)c1C.Cc1nnc(C)n1C.Cc1nnn(C)c1C.Cc1nnnn1C. The molecule has 23 nitrogen and oxygen atoms in total. The molecule has 0 aliphatic carbocycles. The largest absolute Gasteiger partial charge is 0.490 e. The van der Waals surface area contributed by atoms with E-state index in [1.54, 1.807) is 62.6 Å². The lowest BCUT2D eigenvalue weighted by Crippen LogP contribution is -2.76. The number of hydrogen-bond acceptors (Lipinski definition) is 17. The Hall–Kier alpha value is -6.47. The van der Waals surface area contributed by atoms with Gasteiger partial charge < -0.3 is 23.2 Å². The molecule has 3 aliphatic heterocycles. The third-order valence-corrected chi connectivity index (χ3v) is 29.5. The van der Waals surface area contributed by atoms with Crippen molar-refractivity contribution in [3.05, 3.63) is 119 Å². The van der Waals surface area contributed by atoms with Gasteiger partial charge >= 0.3 is 0 Å². The number of thioether (sulfide) groups is 1. The summed E-state index contributed by atoms with van der Waals surface area (Å²) in [7, 11) is 12.7. The number of tetrazole rings is 1. The number of ether oxygens (including phenoxy) is 2. The zero-order chi connectivity index (χ0) is 80.6. The molecule has 1 saturated heterocycles. The Morgan fingerprint density at radius 2 is 0.814 bits per heavy atom. The fourth-order valence-corrected chi connectivity index (χ4v) is 14.6. The average Bonchev–Trinajstić information content (AvgIpc) is 0.887. The topological polar surface area (TPSA) is 232 Å². The van der Waals surface area contributed by atoms with E-state index < -0.39 is 20.2 Å². The summed E-state index contributed by atoms with van der Waals surface area (Å²) in [6.45, 7) is 81.9. The summed E-state index contributed by atoms with van der Waals surface area (Å²) < 4.78 is 48.3. The molecule has 10 rings (SSSR count). The third kappa shape index (κ3) is 20.5. The molecule has 10 heterocycles. The van der Waals surface area contributed by atoms with E-state index in [0.717, 1.165) is 63.5 Å². The molecule has 1 fully saturated rings. The molecular formula is C77H141N19O4S2. The summed E-state index contributed by atoms with van der Waals surface area (Å²) >= 11 is 1.91. The van der Waals surface area contributed by atoms with E-state index in [1.807, 2.05) is 132 Å². The van der Waals surface area contributed by atoms with Crippen molar-refractivity contribution in [3.8, 4) is 0 Å². The van der Waals surface area contributed by atoms with Crippen molar-refractivity contribution in [2.45, 2.75) is 302 Å². The maximum absolute atomic E-state index is 12.1. The van der Waals surface area contributed by atoms with Gasteiger partial charge in [0.1, 0.15) is 62.4 Å². The minimum atomic E-state index is -3.24. The molecule has 0 atom stereocenters. The Balaban J connectivity index is 0.000000573. The van der Waals surface area contributed by atoms with E-state index >= 15 is 0 Å². The van der Waals surface area contributed by atoms with Crippen molar-refractivity contribution >= 4 is 21.6 Å². The Kier molecular flexibility index (Phi) is 31.8. The molecular weight excluding hydrogens is 1320 g/mol. The minimum absolute atomic E-state index is 0.0682. The van der Waals surface area contributed by atoms with E-state index in [9.17, 15) is 8.42 Å². The molecule has 0 unspecified atom stereocenters. The van der Waals surface area contributed by atoms with Crippen molar-refractivity contribution in [3.63, 3.8) is 0 Å². The minimum Gasteiger partial charge on any atom is -0.490 e. The van der Waals surface area contributed by atoms with Gasteiger partial charge in [-0.05, 0) is 279 Å². The highest BCUT2D eigenvalue weighted by Gasteiger charge is 2.67. The molecule has 7 aromatic heterocycles. The number of aromatic nitrogens is 18. The van der Waals surface area contributed by atoms with Gasteiger partial charge in [-0.25, -0.2) is 23.1 Å². The fraction of sp³-hybridized carbons (Fsp3) is 0.727. The first kappa shape index (κ1) is 93.5. The number of sulfone groups is 1. The van der Waals surface area contributed by atoms with Gasteiger partial charge in [0.25, 0.3) is 0 Å². The molecule has 0 spiro atoms. The van der Waals surface area contributed by atoms with E-state index in [-0.39, 0.29) is 37.7 Å². The number of hydrogen-bond donors (Lipinski definition) is 0. The fourth-order valence-electron chi connectivity index (χ4n) is 11.5. The van der Waals surface area contributed by atoms with Crippen LogP contribution in [-0.4, -0.2) is 141 Å². The number of nitrogens with zero attached hydrogens (tertiary/aromatic N) is 19. The lowest BCUT2D eigenvalue weighted by Gasteiger charge is -2.73. The Labute approximate surface area is 622 Å². The van der Waals surface area contributed by atoms with Crippen molar-refractivity contribution < 1.29 is 17.9 Å². The van der Waals surface area contributed by atoms with Crippen LogP contribution in [0.1, 0.15) is 250 Å². The van der Waals surface area contributed by atoms with Crippen molar-refractivity contribution in [1.29, 1.82) is 0 Å². The number of rotatable bonds is 0. The second-order valence-electron chi connectivity index (χ2n) is 32.3. The van der Waals surface area contributed by atoms with Gasteiger partial charge in [0, 0.05) is 88.1 Å². The number of likely N-dealkylation sites (tertiary alicyclic amines) is 1. The maximum Gasteiger partial charge on any atom is 0.186 e. The van der Waals surface area contributed by atoms with Gasteiger partial charge in [0.2, 0.25) is 0 Å². The van der Waals surface area contributed by atoms with Crippen LogP contribution in [0.3, 0.4) is 0 Å². The van der Waals surface area contributed by atoms with Crippen molar-refractivity contribution in [2.24, 2.45) is 65.6 Å². The summed E-state index contributed by atoms with van der Waals surface area (Å²) in [6, 6.07) is 0. The van der Waals surface area contributed by atoms with Gasteiger partial charge in [-0.3, -0.25) is 18.9 Å². The first-order valence-electron chi connectivity index (χ1n) is 35.3. The van der Waals surface area contributed by atoms with Crippen LogP contribution in [0.4, 0.5) is 0 Å². The molecule has 0 N–H and O–H groups in total. The van der Waals surface area contributed by atoms with Crippen LogP contribution in [0.2, 0.25) is 0 Å². The van der Waals surface area contributed by atoms with Crippen LogP contribution in [-0.2, 0) is 68.6 Å². The average molecular weight is 1460 g/mol. The highest BCUT2D eigenvalue weighted by molar-refractivity contribution is 8.04. The van der Waals surface area contributed by atoms with Gasteiger partial charge in [0.05, 0.1) is 32.4 Å². The quantitative estimate of drug-likeness (QED) is 0.137. The lowest BCUT2D eigenvalue weighted by atomic mass is 9.41. The molecule has 0 aromatic carbocycles. The van der Waals surface area contributed by atoms with E-state index in [1.165, 1.54) is 44.4 Å². The molecule has 7 aromatic rings. The predicted octanol–water partition coefficient (Wildman–Crippen LogP) is 16.1. The van der Waals surface area contributed by atoms with E-state index in [2.05, 4.69) is 237 Å². The predicted molar refractivity (Wildman–Crippen MR) is 423 cm³/mol. The molecule has 102 heavy (non-hydrogen) atoms. The van der Waals surface area contributed by atoms with Crippen molar-refractivity contribution in [2.75, 3.05) is 7.05 Å². The summed E-state index contributed by atoms with van der Waals surface area (Å²) in [5.41, 5.74) is 14.3. The second-order valence-corrected chi connectivity index (χ2v) is 36.8. The Bertz CT molecular complexity index is 3750. The van der Waals surface area contributed by atoms with Crippen LogP contribution in [0.15, 0.2) is 21.3 Å². The molecule has 0 saturated carbocycles. The summed E-state index contributed by atoms with van der Waals surface area (Å²) in [5.74, 6) is 7.22. The normalized spacial score (nSPS) is 18.4. The van der Waals surface area contributed by atoms with Crippen LogP contribution in [0.25, 0.3) is 0 Å². The van der Waals surface area contributed by atoms with E-state index in [4.69, 9.17) is 9.47 Å². The first-order chi connectivity index (χ1) is 45.7. The summed E-state index contributed by atoms with van der Waals surface area (Å²) in [4.78, 5) is 12.6. The van der Waals surface area contributed by atoms with Gasteiger partial charge in [-0.1, -0.05) is 46.8 Å². The van der Waals surface area contributed by atoms with Gasteiger partial charge in [-0.2, -0.15) is 10.2 Å². The maximum atomic E-state index is 12.1. The molecule has 3 aliphatic rings. The number of piperidine rings is 1. The molecule has 25 heteroatoms. The van der Waals surface area contributed by atoms with Crippen LogP contribution in [0, 0.1) is 134 Å². The zero-order valence-electron chi connectivity index (χ0n) is 72.9. The van der Waals surface area contributed by atoms with Crippen LogP contribution < -0.4 is 0 Å². The van der Waals surface area contributed by atoms with E-state index in [0.29, 0.717) is 10.7 Å². The lowest BCUT2D eigenvalue weighted by molar-refractivity contribution is -0.238. The van der Waals surface area contributed by atoms with Gasteiger partial charge in [0.15, 0.2) is 9.84 Å². The third-order valence-electron chi connectivity index (χ3n) is 25.0. The number of aryl methyl sites for hydroxylation is 13. The smallest absolute Gasteiger partial charge is 0.186 e. The molecule has 0 amide bonds.